The number of hydrogen-bond donors (Lipinski definition) is 2. The summed E-state index contributed by atoms with van der Waals surface area (Å²) in [5.41, 5.74) is 1.14. The van der Waals surface area contributed by atoms with Crippen LogP contribution in [0.4, 0.5) is 5.69 Å². The van der Waals surface area contributed by atoms with E-state index in [1.54, 1.807) is 36.1 Å². The fourth-order valence-corrected chi connectivity index (χ4v) is 2.49. The lowest BCUT2D eigenvalue weighted by atomic mass is 9.97. The van der Waals surface area contributed by atoms with Gasteiger partial charge in [0.1, 0.15) is 0 Å². The third-order valence-electron chi connectivity index (χ3n) is 3.79. The quantitative estimate of drug-likeness (QED) is 0.890. The Morgan fingerprint density at radius 3 is 2.55 bits per heavy atom. The molecule has 0 aromatic heterocycles. The maximum Gasteiger partial charge on any atom is 0.308 e. The van der Waals surface area contributed by atoms with Gasteiger partial charge < -0.3 is 15.3 Å². The zero-order chi connectivity index (χ0) is 16.1. The van der Waals surface area contributed by atoms with Crippen molar-refractivity contribution in [1.29, 1.82) is 0 Å². The molecular weight excluding hydrogens is 284 g/mol. The van der Waals surface area contributed by atoms with Crippen LogP contribution in [0.1, 0.15) is 36.5 Å². The van der Waals surface area contributed by atoms with Gasteiger partial charge in [-0.1, -0.05) is 6.92 Å². The molecule has 6 heteroatoms. The molecule has 1 heterocycles. The molecule has 6 nitrogen and oxygen atoms in total. The topological polar surface area (TPSA) is 86.7 Å². The number of hydrogen-bond acceptors (Lipinski definition) is 3. The highest BCUT2D eigenvalue weighted by atomic mass is 16.4. The third-order valence-corrected chi connectivity index (χ3v) is 3.79. The smallest absolute Gasteiger partial charge is 0.308 e. The highest BCUT2D eigenvalue weighted by Crippen LogP contribution is 2.19. The van der Waals surface area contributed by atoms with Gasteiger partial charge in [-0.3, -0.25) is 14.4 Å². The molecule has 1 atom stereocenters. The van der Waals surface area contributed by atoms with Gasteiger partial charge >= 0.3 is 5.97 Å². The molecule has 0 bridgehead atoms. The number of rotatable bonds is 4. The van der Waals surface area contributed by atoms with Gasteiger partial charge in [0.2, 0.25) is 5.91 Å². The van der Waals surface area contributed by atoms with Gasteiger partial charge in [0.25, 0.3) is 5.91 Å². The van der Waals surface area contributed by atoms with E-state index in [0.29, 0.717) is 37.1 Å². The van der Waals surface area contributed by atoms with Gasteiger partial charge in [0.05, 0.1) is 5.92 Å². The maximum atomic E-state index is 12.4. The Balaban J connectivity index is 2.03. The lowest BCUT2D eigenvalue weighted by Gasteiger charge is -2.30. The number of carbonyl (C=O) groups excluding carboxylic acids is 2. The Kier molecular flexibility index (Phi) is 5.14. The van der Waals surface area contributed by atoms with Crippen LogP contribution in [-0.2, 0) is 9.59 Å². The second-order valence-corrected chi connectivity index (χ2v) is 5.41. The number of nitrogens with zero attached hydrogens (tertiary/aromatic N) is 1. The van der Waals surface area contributed by atoms with E-state index in [4.69, 9.17) is 5.11 Å². The fraction of sp³-hybridized carbons (Fsp3) is 0.438. The molecule has 2 rings (SSSR count). The first-order valence-corrected chi connectivity index (χ1v) is 7.43. The first-order valence-electron chi connectivity index (χ1n) is 7.43. The Hall–Kier alpha value is -2.37. The molecule has 1 aromatic rings. The molecule has 0 unspecified atom stereocenters. The van der Waals surface area contributed by atoms with Crippen molar-refractivity contribution in [2.75, 3.05) is 18.4 Å². The average Bonchev–Trinajstić information content (AvgIpc) is 2.55. The van der Waals surface area contributed by atoms with Crippen molar-refractivity contribution in [2.24, 2.45) is 5.92 Å². The average molecular weight is 304 g/mol. The van der Waals surface area contributed by atoms with Crippen molar-refractivity contribution in [1.82, 2.24) is 4.90 Å². The monoisotopic (exact) mass is 304 g/mol. The Morgan fingerprint density at radius 1 is 1.27 bits per heavy atom. The van der Waals surface area contributed by atoms with Crippen LogP contribution in [0.15, 0.2) is 24.3 Å². The summed E-state index contributed by atoms with van der Waals surface area (Å²) in [6, 6.07) is 6.66. The number of carboxylic acids is 1. The molecule has 0 saturated carbocycles. The van der Waals surface area contributed by atoms with Gasteiger partial charge in [0, 0.05) is 30.8 Å². The van der Waals surface area contributed by atoms with Crippen molar-refractivity contribution in [3.05, 3.63) is 29.8 Å². The van der Waals surface area contributed by atoms with Gasteiger partial charge in [-0.2, -0.15) is 0 Å². The number of nitrogens with one attached hydrogen (secondary N) is 1. The normalized spacial score (nSPS) is 17.9. The van der Waals surface area contributed by atoms with Crippen LogP contribution in [0.2, 0.25) is 0 Å². The summed E-state index contributed by atoms with van der Waals surface area (Å²) in [6.07, 6.45) is 1.71. The predicted octanol–water partition coefficient (Wildman–Crippen LogP) is 1.97. The summed E-state index contributed by atoms with van der Waals surface area (Å²) >= 11 is 0. The standard InChI is InChI=1S/C16H20N2O4/c1-2-14(19)17-13-7-5-11(6-8-13)15(20)18-9-3-4-12(10-18)16(21)22/h5-8,12H,2-4,9-10H2,1H3,(H,17,19)(H,21,22)/t12-/m1/s1. The molecule has 1 aliphatic heterocycles. The van der Waals surface area contributed by atoms with Crippen LogP contribution in [0.3, 0.4) is 0 Å². The number of likely N-dealkylation sites (tertiary alicyclic amines) is 1. The zero-order valence-electron chi connectivity index (χ0n) is 12.5. The van der Waals surface area contributed by atoms with Crippen molar-refractivity contribution in [3.8, 4) is 0 Å². The molecule has 0 radical (unpaired) electrons. The van der Waals surface area contributed by atoms with E-state index in [-0.39, 0.29) is 18.4 Å². The highest BCUT2D eigenvalue weighted by molar-refractivity contribution is 5.96. The minimum atomic E-state index is -0.852. The van der Waals surface area contributed by atoms with E-state index < -0.39 is 11.9 Å². The van der Waals surface area contributed by atoms with E-state index in [2.05, 4.69) is 5.32 Å². The SMILES string of the molecule is CCC(=O)Nc1ccc(C(=O)N2CCC[C@@H](C(=O)O)C2)cc1. The number of aliphatic carboxylic acids is 1. The molecule has 118 valence electrons. The number of piperidine rings is 1. The van der Waals surface area contributed by atoms with E-state index in [0.717, 1.165) is 0 Å². The van der Waals surface area contributed by atoms with Crippen LogP contribution >= 0.6 is 0 Å². The third kappa shape index (κ3) is 3.84. The minimum Gasteiger partial charge on any atom is -0.481 e. The first-order chi connectivity index (χ1) is 10.5. The lowest BCUT2D eigenvalue weighted by molar-refractivity contribution is -0.143. The molecule has 2 amide bonds. The Bertz CT molecular complexity index is 568. The van der Waals surface area contributed by atoms with Crippen LogP contribution in [0.5, 0.6) is 0 Å². The van der Waals surface area contributed by atoms with Crippen LogP contribution in [-0.4, -0.2) is 40.9 Å². The summed E-state index contributed by atoms with van der Waals surface area (Å²) in [6.45, 7) is 2.60. The molecule has 1 aliphatic rings. The minimum absolute atomic E-state index is 0.0839. The van der Waals surface area contributed by atoms with Crippen LogP contribution < -0.4 is 5.32 Å². The lowest BCUT2D eigenvalue weighted by Crippen LogP contribution is -2.42. The largest absolute Gasteiger partial charge is 0.481 e. The molecular formula is C16H20N2O4. The summed E-state index contributed by atoms with van der Waals surface area (Å²) in [5, 5.41) is 11.8. The van der Waals surface area contributed by atoms with Crippen molar-refractivity contribution >= 4 is 23.5 Å². The van der Waals surface area contributed by atoms with E-state index >= 15 is 0 Å². The van der Waals surface area contributed by atoms with Crippen LogP contribution in [0, 0.1) is 5.92 Å². The van der Waals surface area contributed by atoms with Crippen molar-refractivity contribution in [3.63, 3.8) is 0 Å². The maximum absolute atomic E-state index is 12.4. The summed E-state index contributed by atoms with van der Waals surface area (Å²) in [7, 11) is 0. The number of amides is 2. The summed E-state index contributed by atoms with van der Waals surface area (Å²) in [5.74, 6) is -1.59. The molecule has 1 aromatic carbocycles. The molecule has 0 aliphatic carbocycles. The Labute approximate surface area is 129 Å². The van der Waals surface area contributed by atoms with E-state index in [1.807, 2.05) is 0 Å². The zero-order valence-corrected chi connectivity index (χ0v) is 12.5. The second kappa shape index (κ2) is 7.06. The van der Waals surface area contributed by atoms with Crippen molar-refractivity contribution < 1.29 is 19.5 Å². The van der Waals surface area contributed by atoms with Crippen LogP contribution in [0.25, 0.3) is 0 Å². The number of benzene rings is 1. The highest BCUT2D eigenvalue weighted by Gasteiger charge is 2.28. The summed E-state index contributed by atoms with van der Waals surface area (Å²) in [4.78, 5) is 36.4. The fourth-order valence-electron chi connectivity index (χ4n) is 2.49. The molecule has 1 saturated heterocycles. The van der Waals surface area contributed by atoms with Gasteiger partial charge in [-0.15, -0.1) is 0 Å². The second-order valence-electron chi connectivity index (χ2n) is 5.41. The van der Waals surface area contributed by atoms with Gasteiger partial charge in [-0.25, -0.2) is 0 Å². The molecule has 0 spiro atoms. The molecule has 22 heavy (non-hydrogen) atoms. The first kappa shape index (κ1) is 16.0. The van der Waals surface area contributed by atoms with Crippen molar-refractivity contribution in [2.45, 2.75) is 26.2 Å². The predicted molar refractivity (Wildman–Crippen MR) is 81.6 cm³/mol. The number of anilines is 1. The Morgan fingerprint density at radius 2 is 1.95 bits per heavy atom. The number of carboxylic acid groups (broad SMARTS) is 1. The molecule has 1 fully saturated rings. The van der Waals surface area contributed by atoms with E-state index in [1.165, 1.54) is 0 Å². The summed E-state index contributed by atoms with van der Waals surface area (Å²) < 4.78 is 0. The van der Waals surface area contributed by atoms with E-state index in [9.17, 15) is 14.4 Å². The van der Waals surface area contributed by atoms with Gasteiger partial charge in [-0.05, 0) is 37.1 Å². The van der Waals surface area contributed by atoms with Gasteiger partial charge in [0.15, 0.2) is 0 Å². The number of carbonyl (C=O) groups is 3. The molecule has 2 N–H and O–H groups in total.